The van der Waals surface area contributed by atoms with Crippen molar-refractivity contribution in [3.63, 3.8) is 0 Å². The lowest BCUT2D eigenvalue weighted by Crippen LogP contribution is -2.56. The number of carbonyl (C=O) groups is 1. The Bertz CT molecular complexity index is 429. The van der Waals surface area contributed by atoms with E-state index in [1.165, 1.54) is 12.0 Å². The summed E-state index contributed by atoms with van der Waals surface area (Å²) in [4.78, 5) is 16.7. The summed E-state index contributed by atoms with van der Waals surface area (Å²) in [5, 5.41) is 0. The molecule has 0 spiro atoms. The van der Waals surface area contributed by atoms with Crippen LogP contribution in [0.3, 0.4) is 0 Å². The molecule has 0 unspecified atom stereocenters. The summed E-state index contributed by atoms with van der Waals surface area (Å²) in [7, 11) is 1.29. The fourth-order valence-electron chi connectivity index (χ4n) is 1.64. The monoisotopic (exact) mass is 242 g/mol. The SMILES string of the molecule is COC(=O)Cc1cccc(N2CC(F)(F)C2)n1. The van der Waals surface area contributed by atoms with Crippen LogP contribution in [0.4, 0.5) is 14.6 Å². The molecule has 0 radical (unpaired) electrons. The number of esters is 1. The van der Waals surface area contributed by atoms with Crippen molar-refractivity contribution < 1.29 is 18.3 Å². The maximum absolute atomic E-state index is 12.7. The predicted molar refractivity (Wildman–Crippen MR) is 57.1 cm³/mol. The van der Waals surface area contributed by atoms with Crippen molar-refractivity contribution in [3.8, 4) is 0 Å². The highest BCUT2D eigenvalue weighted by Crippen LogP contribution is 2.30. The number of ether oxygens (including phenoxy) is 1. The fourth-order valence-corrected chi connectivity index (χ4v) is 1.64. The molecule has 1 aliphatic heterocycles. The molecule has 0 bridgehead atoms. The third kappa shape index (κ3) is 2.69. The van der Waals surface area contributed by atoms with Gasteiger partial charge in [-0.2, -0.15) is 0 Å². The average Bonchev–Trinajstić information content (AvgIpc) is 2.26. The van der Waals surface area contributed by atoms with Crippen LogP contribution in [0.1, 0.15) is 5.69 Å². The number of alkyl halides is 2. The van der Waals surface area contributed by atoms with Crippen molar-refractivity contribution in [3.05, 3.63) is 23.9 Å². The highest BCUT2D eigenvalue weighted by Gasteiger charge is 2.44. The summed E-state index contributed by atoms with van der Waals surface area (Å²) in [6, 6.07) is 5.01. The van der Waals surface area contributed by atoms with E-state index >= 15 is 0 Å². The van der Waals surface area contributed by atoms with E-state index in [9.17, 15) is 13.6 Å². The fraction of sp³-hybridized carbons (Fsp3) is 0.455. The minimum Gasteiger partial charge on any atom is -0.469 e. The Balaban J connectivity index is 2.05. The van der Waals surface area contributed by atoms with Crippen LogP contribution in [0.25, 0.3) is 0 Å². The molecule has 0 amide bonds. The van der Waals surface area contributed by atoms with E-state index in [-0.39, 0.29) is 19.5 Å². The number of nitrogens with zero attached hydrogens (tertiary/aromatic N) is 2. The Morgan fingerprint density at radius 3 is 2.82 bits per heavy atom. The number of hydrogen-bond acceptors (Lipinski definition) is 4. The zero-order valence-electron chi connectivity index (χ0n) is 9.32. The van der Waals surface area contributed by atoms with Crippen LogP contribution >= 0.6 is 0 Å². The Hall–Kier alpha value is -1.72. The van der Waals surface area contributed by atoms with Crippen molar-refractivity contribution >= 4 is 11.8 Å². The van der Waals surface area contributed by atoms with Crippen molar-refractivity contribution in [2.24, 2.45) is 0 Å². The number of anilines is 1. The van der Waals surface area contributed by atoms with Gasteiger partial charge in [0, 0.05) is 0 Å². The maximum atomic E-state index is 12.7. The first-order chi connectivity index (χ1) is 8.00. The van der Waals surface area contributed by atoms with Crippen LogP contribution in [-0.2, 0) is 16.0 Å². The van der Waals surface area contributed by atoms with Gasteiger partial charge in [0.05, 0.1) is 32.3 Å². The van der Waals surface area contributed by atoms with Gasteiger partial charge >= 0.3 is 5.97 Å². The lowest BCUT2D eigenvalue weighted by Gasteiger charge is -2.39. The van der Waals surface area contributed by atoms with Gasteiger partial charge in [-0.25, -0.2) is 13.8 Å². The second-order valence-electron chi connectivity index (χ2n) is 3.95. The molecular formula is C11H12F2N2O2. The Labute approximate surface area is 97.2 Å². The summed E-state index contributed by atoms with van der Waals surface area (Å²) < 4.78 is 29.9. The van der Waals surface area contributed by atoms with Crippen molar-refractivity contribution in [2.45, 2.75) is 12.3 Å². The zero-order chi connectivity index (χ0) is 12.5. The molecule has 1 aromatic rings. The summed E-state index contributed by atoms with van der Waals surface area (Å²) in [6.07, 6.45) is 0.0502. The number of halogens is 2. The van der Waals surface area contributed by atoms with E-state index in [4.69, 9.17) is 0 Å². The number of hydrogen-bond donors (Lipinski definition) is 0. The smallest absolute Gasteiger partial charge is 0.311 e. The molecular weight excluding hydrogens is 230 g/mol. The number of rotatable bonds is 3. The van der Waals surface area contributed by atoms with Crippen LogP contribution < -0.4 is 4.90 Å². The third-order valence-corrected chi connectivity index (χ3v) is 2.51. The van der Waals surface area contributed by atoms with E-state index in [0.29, 0.717) is 11.5 Å². The number of methoxy groups -OCH3 is 1. The Morgan fingerprint density at radius 2 is 2.24 bits per heavy atom. The molecule has 1 saturated heterocycles. The zero-order valence-corrected chi connectivity index (χ0v) is 9.32. The maximum Gasteiger partial charge on any atom is 0.311 e. The third-order valence-electron chi connectivity index (χ3n) is 2.51. The standard InChI is InChI=1S/C11H12F2N2O2/c1-17-10(16)5-8-3-2-4-9(14-8)15-6-11(12,13)7-15/h2-4H,5-7H2,1H3. The van der Waals surface area contributed by atoms with Gasteiger partial charge in [-0.15, -0.1) is 0 Å². The molecule has 1 aliphatic rings. The van der Waals surface area contributed by atoms with Crippen LogP contribution in [0.2, 0.25) is 0 Å². The molecule has 92 valence electrons. The van der Waals surface area contributed by atoms with E-state index in [0.717, 1.165) is 0 Å². The summed E-state index contributed by atoms with van der Waals surface area (Å²) >= 11 is 0. The molecule has 0 aromatic carbocycles. The topological polar surface area (TPSA) is 42.4 Å². The largest absolute Gasteiger partial charge is 0.469 e. The minimum absolute atomic E-state index is 0.0502. The van der Waals surface area contributed by atoms with E-state index in [1.807, 2.05) is 0 Å². The average molecular weight is 242 g/mol. The van der Waals surface area contributed by atoms with Gasteiger partial charge < -0.3 is 9.64 Å². The van der Waals surface area contributed by atoms with Crippen LogP contribution in [0.5, 0.6) is 0 Å². The lowest BCUT2D eigenvalue weighted by molar-refractivity contribution is -0.139. The first-order valence-electron chi connectivity index (χ1n) is 5.16. The van der Waals surface area contributed by atoms with E-state index in [2.05, 4.69) is 9.72 Å². The van der Waals surface area contributed by atoms with Crippen molar-refractivity contribution in [2.75, 3.05) is 25.1 Å². The molecule has 1 fully saturated rings. The normalized spacial score (nSPS) is 17.5. The van der Waals surface area contributed by atoms with Gasteiger partial charge in [0.15, 0.2) is 0 Å². The number of carbonyl (C=O) groups excluding carboxylic acids is 1. The summed E-state index contributed by atoms with van der Waals surface area (Å²) in [5.74, 6) is -2.55. The molecule has 2 heterocycles. The highest BCUT2D eigenvalue weighted by atomic mass is 19.3. The van der Waals surface area contributed by atoms with Crippen molar-refractivity contribution in [1.82, 2.24) is 4.98 Å². The second-order valence-corrected chi connectivity index (χ2v) is 3.95. The molecule has 17 heavy (non-hydrogen) atoms. The number of aromatic nitrogens is 1. The van der Waals surface area contributed by atoms with Gasteiger partial charge in [-0.3, -0.25) is 4.79 Å². The molecule has 0 saturated carbocycles. The molecule has 0 atom stereocenters. The summed E-state index contributed by atoms with van der Waals surface area (Å²) in [5.41, 5.74) is 0.518. The minimum atomic E-state index is -2.62. The van der Waals surface area contributed by atoms with E-state index < -0.39 is 11.9 Å². The molecule has 6 heteroatoms. The van der Waals surface area contributed by atoms with Crippen molar-refractivity contribution in [1.29, 1.82) is 0 Å². The molecule has 0 aliphatic carbocycles. The first kappa shape index (κ1) is 11.8. The van der Waals surface area contributed by atoms with Crippen LogP contribution in [-0.4, -0.2) is 37.1 Å². The molecule has 1 aromatic heterocycles. The lowest BCUT2D eigenvalue weighted by atomic mass is 10.1. The van der Waals surface area contributed by atoms with Gasteiger partial charge in [0.25, 0.3) is 5.92 Å². The molecule has 2 rings (SSSR count). The van der Waals surface area contributed by atoms with E-state index in [1.54, 1.807) is 18.2 Å². The summed E-state index contributed by atoms with van der Waals surface area (Å²) in [6.45, 7) is -0.636. The van der Waals surface area contributed by atoms with Crippen LogP contribution in [0.15, 0.2) is 18.2 Å². The number of pyridine rings is 1. The van der Waals surface area contributed by atoms with Gasteiger partial charge in [0.1, 0.15) is 5.82 Å². The quantitative estimate of drug-likeness (QED) is 0.748. The van der Waals surface area contributed by atoms with Gasteiger partial charge in [0.2, 0.25) is 0 Å². The highest BCUT2D eigenvalue weighted by molar-refractivity contribution is 5.72. The Morgan fingerprint density at radius 1 is 1.53 bits per heavy atom. The second kappa shape index (κ2) is 4.27. The predicted octanol–water partition coefficient (Wildman–Crippen LogP) is 1.25. The van der Waals surface area contributed by atoms with Crippen LogP contribution in [0, 0.1) is 0 Å². The Kier molecular flexibility index (Phi) is 2.95. The molecule has 4 nitrogen and oxygen atoms in total. The van der Waals surface area contributed by atoms with Gasteiger partial charge in [-0.1, -0.05) is 6.07 Å². The van der Waals surface area contributed by atoms with Gasteiger partial charge in [-0.05, 0) is 12.1 Å². The molecule has 0 N–H and O–H groups in total. The first-order valence-corrected chi connectivity index (χ1v) is 5.16.